The van der Waals surface area contributed by atoms with E-state index in [0.717, 1.165) is 22.2 Å². The lowest BCUT2D eigenvalue weighted by Crippen LogP contribution is -2.08. The van der Waals surface area contributed by atoms with Gasteiger partial charge in [-0.05, 0) is 31.4 Å². The number of benzene rings is 2. The minimum atomic E-state index is -0.549. The van der Waals surface area contributed by atoms with Gasteiger partial charge in [0.1, 0.15) is 12.1 Å². The second kappa shape index (κ2) is 6.49. The van der Waals surface area contributed by atoms with E-state index in [1.165, 1.54) is 11.0 Å². The summed E-state index contributed by atoms with van der Waals surface area (Å²) in [6.07, 6.45) is 1.24. The van der Waals surface area contributed by atoms with Crippen molar-refractivity contribution in [1.29, 1.82) is 0 Å². The molecule has 0 amide bonds. The van der Waals surface area contributed by atoms with Crippen LogP contribution in [0.15, 0.2) is 54.9 Å². The Kier molecular flexibility index (Phi) is 4.00. The molecule has 0 saturated heterocycles. The molecule has 0 aliphatic rings. The molecule has 0 aliphatic carbocycles. The van der Waals surface area contributed by atoms with Gasteiger partial charge in [0.25, 0.3) is 0 Å². The van der Waals surface area contributed by atoms with E-state index in [2.05, 4.69) is 15.1 Å². The number of hydrogen-bond acceptors (Lipinski definition) is 6. The maximum Gasteiger partial charge on any atom is 0.375 e. The highest BCUT2D eigenvalue weighted by Crippen LogP contribution is 2.36. The zero-order chi connectivity index (χ0) is 19.0. The van der Waals surface area contributed by atoms with Crippen LogP contribution in [0.5, 0.6) is 11.6 Å². The number of rotatable bonds is 4. The molecule has 0 aliphatic heterocycles. The highest BCUT2D eigenvalue weighted by atomic mass is 16.6. The molecule has 27 heavy (non-hydrogen) atoms. The Morgan fingerprint density at radius 2 is 1.85 bits per heavy atom. The monoisotopic (exact) mass is 361 g/mol. The zero-order valence-corrected chi connectivity index (χ0v) is 14.7. The van der Waals surface area contributed by atoms with E-state index in [-0.39, 0.29) is 17.4 Å². The molecule has 0 N–H and O–H groups in total. The first-order chi connectivity index (χ1) is 13.0. The first-order valence-corrected chi connectivity index (χ1v) is 8.23. The molecule has 0 fully saturated rings. The molecule has 4 rings (SSSR count). The fourth-order valence-electron chi connectivity index (χ4n) is 2.98. The average molecular weight is 361 g/mol. The van der Waals surface area contributed by atoms with Crippen molar-refractivity contribution in [2.24, 2.45) is 0 Å². The Balaban J connectivity index is 1.87. The maximum absolute atomic E-state index is 11.8. The quantitative estimate of drug-likeness (QED) is 0.400. The van der Waals surface area contributed by atoms with Gasteiger partial charge in [-0.25, -0.2) is 9.67 Å². The number of aryl methyl sites for hydroxylation is 2. The molecular weight excluding hydrogens is 346 g/mol. The summed E-state index contributed by atoms with van der Waals surface area (Å²) in [7, 11) is 0. The van der Waals surface area contributed by atoms with Crippen LogP contribution in [-0.2, 0) is 0 Å². The van der Waals surface area contributed by atoms with Crippen LogP contribution in [0.2, 0.25) is 0 Å². The summed E-state index contributed by atoms with van der Waals surface area (Å²) in [6, 6.07) is 15.0. The van der Waals surface area contributed by atoms with Crippen LogP contribution in [0.3, 0.4) is 0 Å². The molecule has 0 saturated carbocycles. The summed E-state index contributed by atoms with van der Waals surface area (Å²) in [5.41, 5.74) is 1.12. The van der Waals surface area contributed by atoms with Gasteiger partial charge < -0.3 is 4.74 Å². The smallest absolute Gasteiger partial charge is 0.375 e. The SMILES string of the molecule is Cc1cc(C)n(-c2ncnc(Oc3cccc4ccccc34)c2[N+](=O)[O-])n1. The Morgan fingerprint density at radius 3 is 2.59 bits per heavy atom. The van der Waals surface area contributed by atoms with Crippen LogP contribution in [0.1, 0.15) is 11.4 Å². The number of fused-ring (bicyclic) bond motifs is 1. The molecule has 0 radical (unpaired) electrons. The Labute approximate surface area is 154 Å². The summed E-state index contributed by atoms with van der Waals surface area (Å²) in [5, 5.41) is 17.9. The van der Waals surface area contributed by atoms with Crippen LogP contribution in [0.25, 0.3) is 16.6 Å². The van der Waals surface area contributed by atoms with Gasteiger partial charge >= 0.3 is 11.6 Å². The number of nitrogens with zero attached hydrogens (tertiary/aromatic N) is 5. The number of hydrogen-bond donors (Lipinski definition) is 0. The van der Waals surface area contributed by atoms with Gasteiger partial charge in [-0.3, -0.25) is 10.1 Å². The molecule has 2 aromatic heterocycles. The predicted molar refractivity (Wildman–Crippen MR) is 99.3 cm³/mol. The largest absolute Gasteiger partial charge is 0.433 e. The predicted octanol–water partition coefficient (Wildman–Crippen LogP) is 4.13. The van der Waals surface area contributed by atoms with E-state index in [1.807, 2.05) is 49.4 Å². The lowest BCUT2D eigenvalue weighted by Gasteiger charge is -2.10. The Bertz CT molecular complexity index is 1160. The molecular formula is C19H15N5O3. The lowest BCUT2D eigenvalue weighted by molar-refractivity contribution is -0.386. The number of aromatic nitrogens is 4. The molecule has 0 atom stereocenters. The summed E-state index contributed by atoms with van der Waals surface area (Å²) in [5.74, 6) is 0.416. The fourth-order valence-corrected chi connectivity index (χ4v) is 2.98. The number of ether oxygens (including phenoxy) is 1. The average Bonchev–Trinajstić information content (AvgIpc) is 2.99. The third-order valence-corrected chi connectivity index (χ3v) is 4.12. The van der Waals surface area contributed by atoms with Gasteiger partial charge in [0.15, 0.2) is 0 Å². The first kappa shape index (κ1) is 16.6. The standard InChI is InChI=1S/C19H15N5O3/c1-12-10-13(2)23(22-12)18-17(24(25)26)19(21-11-20-18)27-16-9-5-7-14-6-3-4-8-15(14)16/h3-11H,1-2H3. The van der Waals surface area contributed by atoms with Crippen LogP contribution in [0, 0.1) is 24.0 Å². The molecule has 8 heteroatoms. The van der Waals surface area contributed by atoms with Gasteiger partial charge in [-0.15, -0.1) is 0 Å². The molecule has 0 bridgehead atoms. The molecule has 4 aromatic rings. The van der Waals surface area contributed by atoms with E-state index >= 15 is 0 Å². The summed E-state index contributed by atoms with van der Waals surface area (Å²) in [4.78, 5) is 19.3. The van der Waals surface area contributed by atoms with Crippen molar-refractivity contribution in [3.63, 3.8) is 0 Å². The van der Waals surface area contributed by atoms with Crippen molar-refractivity contribution in [2.75, 3.05) is 0 Å². The molecule has 134 valence electrons. The van der Waals surface area contributed by atoms with Gasteiger partial charge in [0.2, 0.25) is 5.82 Å². The molecule has 2 aromatic carbocycles. The van der Waals surface area contributed by atoms with Gasteiger partial charge in [-0.1, -0.05) is 36.4 Å². The highest BCUT2D eigenvalue weighted by Gasteiger charge is 2.28. The molecule has 0 spiro atoms. The fraction of sp³-hybridized carbons (Fsp3) is 0.105. The van der Waals surface area contributed by atoms with Gasteiger partial charge in [0, 0.05) is 11.1 Å². The normalized spacial score (nSPS) is 10.9. The van der Waals surface area contributed by atoms with Crippen LogP contribution in [-0.4, -0.2) is 24.7 Å². The van der Waals surface area contributed by atoms with Crippen molar-refractivity contribution in [3.05, 3.63) is 76.4 Å². The maximum atomic E-state index is 11.8. The van der Waals surface area contributed by atoms with Crippen molar-refractivity contribution >= 4 is 16.5 Å². The van der Waals surface area contributed by atoms with E-state index < -0.39 is 4.92 Å². The second-order valence-corrected chi connectivity index (χ2v) is 6.03. The Morgan fingerprint density at radius 1 is 1.07 bits per heavy atom. The van der Waals surface area contributed by atoms with Crippen molar-refractivity contribution in [2.45, 2.75) is 13.8 Å². The minimum Gasteiger partial charge on any atom is -0.433 e. The van der Waals surface area contributed by atoms with Crippen LogP contribution in [0.4, 0.5) is 5.69 Å². The topological polar surface area (TPSA) is 96.0 Å². The molecule has 2 heterocycles. The van der Waals surface area contributed by atoms with Crippen molar-refractivity contribution in [3.8, 4) is 17.4 Å². The summed E-state index contributed by atoms with van der Waals surface area (Å²) < 4.78 is 7.28. The van der Waals surface area contributed by atoms with Crippen molar-refractivity contribution < 1.29 is 9.66 Å². The van der Waals surface area contributed by atoms with E-state index in [1.54, 1.807) is 13.0 Å². The summed E-state index contributed by atoms with van der Waals surface area (Å²) >= 11 is 0. The van der Waals surface area contributed by atoms with E-state index in [9.17, 15) is 10.1 Å². The summed E-state index contributed by atoms with van der Waals surface area (Å²) in [6.45, 7) is 3.61. The minimum absolute atomic E-state index is 0.0656. The van der Waals surface area contributed by atoms with E-state index in [4.69, 9.17) is 4.74 Å². The van der Waals surface area contributed by atoms with Crippen LogP contribution >= 0.6 is 0 Å². The van der Waals surface area contributed by atoms with Gasteiger partial charge in [0.05, 0.1) is 10.6 Å². The Hall–Kier alpha value is -3.81. The second-order valence-electron chi connectivity index (χ2n) is 6.03. The third kappa shape index (κ3) is 2.97. The van der Waals surface area contributed by atoms with E-state index in [0.29, 0.717) is 5.75 Å². The number of nitro groups is 1. The van der Waals surface area contributed by atoms with Crippen molar-refractivity contribution in [1.82, 2.24) is 19.7 Å². The van der Waals surface area contributed by atoms with Crippen LogP contribution < -0.4 is 4.74 Å². The first-order valence-electron chi connectivity index (χ1n) is 8.23. The molecule has 0 unspecified atom stereocenters. The highest BCUT2D eigenvalue weighted by molar-refractivity contribution is 5.88. The third-order valence-electron chi connectivity index (χ3n) is 4.12. The zero-order valence-electron chi connectivity index (χ0n) is 14.7. The van der Waals surface area contributed by atoms with Gasteiger partial charge in [-0.2, -0.15) is 10.1 Å². The lowest BCUT2D eigenvalue weighted by atomic mass is 10.1. The molecule has 8 nitrogen and oxygen atoms in total.